The average molecular weight is 356 g/mol. The molecule has 0 aliphatic rings. The van der Waals surface area contributed by atoms with Gasteiger partial charge in [-0.1, -0.05) is 24.3 Å². The Morgan fingerprint density at radius 2 is 1.85 bits per heavy atom. The molecule has 1 N–H and O–H groups in total. The minimum atomic E-state index is -0.557. The quantitative estimate of drug-likeness (QED) is 0.820. The molecule has 2 amide bonds. The fraction of sp³-hybridized carbons (Fsp3) is 0.300. The molecule has 0 aliphatic heterocycles. The van der Waals surface area contributed by atoms with Gasteiger partial charge in [0, 0.05) is 24.0 Å². The number of anilines is 2. The van der Waals surface area contributed by atoms with Gasteiger partial charge in [-0.05, 0) is 51.5 Å². The van der Waals surface area contributed by atoms with Crippen LogP contribution < -0.4 is 15.0 Å². The number of amides is 2. The zero-order valence-electron chi connectivity index (χ0n) is 15.5. The summed E-state index contributed by atoms with van der Waals surface area (Å²) >= 11 is 0. The average Bonchev–Trinajstić information content (AvgIpc) is 2.56. The van der Waals surface area contributed by atoms with E-state index in [2.05, 4.69) is 5.32 Å². The summed E-state index contributed by atoms with van der Waals surface area (Å²) in [6.07, 6.45) is -1.26. The van der Waals surface area contributed by atoms with E-state index in [1.54, 1.807) is 43.0 Å². The van der Waals surface area contributed by atoms with Crippen LogP contribution >= 0.6 is 0 Å². The van der Waals surface area contributed by atoms with Crippen LogP contribution in [-0.4, -0.2) is 24.8 Å². The van der Waals surface area contributed by atoms with Gasteiger partial charge >= 0.3 is 12.2 Å². The Labute approximate surface area is 153 Å². The van der Waals surface area contributed by atoms with Crippen molar-refractivity contribution >= 4 is 23.6 Å². The molecule has 2 aromatic carbocycles. The van der Waals surface area contributed by atoms with Gasteiger partial charge in [0.15, 0.2) is 0 Å². The van der Waals surface area contributed by atoms with Crippen LogP contribution in [0.25, 0.3) is 0 Å². The van der Waals surface area contributed by atoms with E-state index in [-0.39, 0.29) is 6.10 Å². The van der Waals surface area contributed by atoms with Crippen LogP contribution in [0.3, 0.4) is 0 Å². The molecule has 0 saturated heterocycles. The minimum absolute atomic E-state index is 0.219. The molecule has 6 heteroatoms. The third kappa shape index (κ3) is 5.24. The maximum atomic E-state index is 12.6. The first-order chi connectivity index (χ1) is 12.4. The molecule has 0 aliphatic carbocycles. The van der Waals surface area contributed by atoms with Crippen LogP contribution in [0.4, 0.5) is 21.0 Å². The molecule has 0 unspecified atom stereocenters. The first-order valence-electron chi connectivity index (χ1n) is 8.53. The highest BCUT2D eigenvalue weighted by molar-refractivity contribution is 5.90. The van der Waals surface area contributed by atoms with E-state index < -0.39 is 12.2 Å². The number of nitrogens with one attached hydrogen (secondary N) is 1. The zero-order chi connectivity index (χ0) is 19.1. The zero-order valence-corrected chi connectivity index (χ0v) is 15.5. The van der Waals surface area contributed by atoms with E-state index in [1.165, 1.54) is 0 Å². The van der Waals surface area contributed by atoms with Crippen molar-refractivity contribution in [3.8, 4) is 5.75 Å². The summed E-state index contributed by atoms with van der Waals surface area (Å²) in [4.78, 5) is 25.8. The van der Waals surface area contributed by atoms with Gasteiger partial charge in [0.05, 0.1) is 6.10 Å². The van der Waals surface area contributed by atoms with Crippen molar-refractivity contribution in [1.29, 1.82) is 0 Å². The number of hydrogen-bond donors (Lipinski definition) is 1. The first kappa shape index (κ1) is 19.3. The lowest BCUT2D eigenvalue weighted by atomic mass is 10.2. The predicted molar refractivity (Wildman–Crippen MR) is 102 cm³/mol. The van der Waals surface area contributed by atoms with E-state index >= 15 is 0 Å². The van der Waals surface area contributed by atoms with Crippen molar-refractivity contribution in [3.63, 3.8) is 0 Å². The topological polar surface area (TPSA) is 67.9 Å². The molecule has 0 aromatic heterocycles. The van der Waals surface area contributed by atoms with Crippen molar-refractivity contribution < 1.29 is 19.1 Å². The number of ether oxygens (including phenoxy) is 2. The van der Waals surface area contributed by atoms with Gasteiger partial charge in [-0.15, -0.1) is 0 Å². The summed E-state index contributed by atoms with van der Waals surface area (Å²) in [6, 6.07) is 14.2. The molecule has 0 heterocycles. The molecule has 0 fully saturated rings. The standard InChI is InChI=1S/C20H24N2O4/c1-5-22(18-12-7-6-9-15(18)4)20(24)26-17-11-8-10-16(13-17)21-19(23)25-14(2)3/h6-14H,5H2,1-4H3,(H,21,23). The fourth-order valence-electron chi connectivity index (χ4n) is 2.42. The van der Waals surface area contributed by atoms with Crippen LogP contribution in [0.1, 0.15) is 26.3 Å². The summed E-state index contributed by atoms with van der Waals surface area (Å²) in [7, 11) is 0. The van der Waals surface area contributed by atoms with Crippen LogP contribution in [-0.2, 0) is 4.74 Å². The highest BCUT2D eigenvalue weighted by Gasteiger charge is 2.18. The van der Waals surface area contributed by atoms with Gasteiger partial charge in [0.1, 0.15) is 5.75 Å². The van der Waals surface area contributed by atoms with Gasteiger partial charge in [0.25, 0.3) is 0 Å². The number of carbonyl (C=O) groups excluding carboxylic acids is 2. The molecule has 0 bridgehead atoms. The van der Waals surface area contributed by atoms with E-state index in [4.69, 9.17) is 9.47 Å². The number of hydrogen-bond acceptors (Lipinski definition) is 4. The predicted octanol–water partition coefficient (Wildman–Crippen LogP) is 4.98. The third-order valence-corrected chi connectivity index (χ3v) is 3.57. The maximum Gasteiger partial charge on any atom is 0.419 e. The van der Waals surface area contributed by atoms with Gasteiger partial charge in [-0.25, -0.2) is 9.59 Å². The number of nitrogens with zero attached hydrogens (tertiary/aromatic N) is 1. The molecule has 0 spiro atoms. The van der Waals surface area contributed by atoms with Gasteiger partial charge in [-0.2, -0.15) is 0 Å². The molecule has 26 heavy (non-hydrogen) atoms. The van der Waals surface area contributed by atoms with Crippen molar-refractivity contribution in [2.45, 2.75) is 33.8 Å². The van der Waals surface area contributed by atoms with Crippen molar-refractivity contribution in [2.75, 3.05) is 16.8 Å². The van der Waals surface area contributed by atoms with Crippen molar-refractivity contribution in [1.82, 2.24) is 0 Å². The van der Waals surface area contributed by atoms with Crippen LogP contribution in [0, 0.1) is 6.92 Å². The molecule has 2 aromatic rings. The second-order valence-corrected chi connectivity index (χ2v) is 6.01. The highest BCUT2D eigenvalue weighted by Crippen LogP contribution is 2.23. The Bertz CT molecular complexity index is 774. The van der Waals surface area contributed by atoms with E-state index in [9.17, 15) is 9.59 Å². The molecule has 0 saturated carbocycles. The molecule has 0 radical (unpaired) electrons. The molecular formula is C20H24N2O4. The van der Waals surface area contributed by atoms with Gasteiger partial charge in [0.2, 0.25) is 0 Å². The molecule has 138 valence electrons. The molecule has 0 atom stereocenters. The SMILES string of the molecule is CCN(C(=O)Oc1cccc(NC(=O)OC(C)C)c1)c1ccccc1C. The molecule has 6 nitrogen and oxygen atoms in total. The number of benzene rings is 2. The maximum absolute atomic E-state index is 12.6. The van der Waals surface area contributed by atoms with Crippen molar-refractivity contribution in [3.05, 3.63) is 54.1 Å². The summed E-state index contributed by atoms with van der Waals surface area (Å²) in [5, 5.41) is 2.60. The number of aryl methyl sites for hydroxylation is 1. The van der Waals surface area contributed by atoms with Crippen LogP contribution in [0.2, 0.25) is 0 Å². The van der Waals surface area contributed by atoms with Crippen LogP contribution in [0.5, 0.6) is 5.75 Å². The smallest absolute Gasteiger partial charge is 0.419 e. The second kappa shape index (κ2) is 8.89. The summed E-state index contributed by atoms with van der Waals surface area (Å²) < 4.78 is 10.5. The van der Waals surface area contributed by atoms with Crippen molar-refractivity contribution in [2.24, 2.45) is 0 Å². The van der Waals surface area contributed by atoms with E-state index in [0.29, 0.717) is 18.0 Å². The minimum Gasteiger partial charge on any atom is -0.447 e. The highest BCUT2D eigenvalue weighted by atomic mass is 16.6. The van der Waals surface area contributed by atoms with Crippen LogP contribution in [0.15, 0.2) is 48.5 Å². The second-order valence-electron chi connectivity index (χ2n) is 6.01. The third-order valence-electron chi connectivity index (χ3n) is 3.57. The monoisotopic (exact) mass is 356 g/mol. The summed E-state index contributed by atoms with van der Waals surface area (Å²) in [5.74, 6) is 0.337. The molecule has 2 rings (SSSR count). The normalized spacial score (nSPS) is 10.3. The lowest BCUT2D eigenvalue weighted by Crippen LogP contribution is -2.33. The lowest BCUT2D eigenvalue weighted by molar-refractivity contribution is 0.130. The Morgan fingerprint density at radius 1 is 1.12 bits per heavy atom. The lowest BCUT2D eigenvalue weighted by Gasteiger charge is -2.22. The number of carbonyl (C=O) groups is 2. The number of para-hydroxylation sites is 1. The van der Waals surface area contributed by atoms with E-state index in [0.717, 1.165) is 11.3 Å². The largest absolute Gasteiger partial charge is 0.447 e. The fourth-order valence-corrected chi connectivity index (χ4v) is 2.42. The Balaban J connectivity index is 2.10. The first-order valence-corrected chi connectivity index (χ1v) is 8.53. The summed E-state index contributed by atoms with van der Waals surface area (Å²) in [5.41, 5.74) is 2.27. The summed E-state index contributed by atoms with van der Waals surface area (Å²) in [6.45, 7) is 7.83. The molecular weight excluding hydrogens is 332 g/mol. The Morgan fingerprint density at radius 3 is 2.50 bits per heavy atom. The Hall–Kier alpha value is -3.02. The number of rotatable bonds is 5. The van der Waals surface area contributed by atoms with Gasteiger partial charge in [-0.3, -0.25) is 10.2 Å². The van der Waals surface area contributed by atoms with Gasteiger partial charge < -0.3 is 9.47 Å². The Kier molecular flexibility index (Phi) is 6.60. The van der Waals surface area contributed by atoms with E-state index in [1.807, 2.05) is 38.1 Å².